The molecule has 0 spiro atoms. The third-order valence-electron chi connectivity index (χ3n) is 5.23. The number of hydrogen-bond acceptors (Lipinski definition) is 2. The van der Waals surface area contributed by atoms with Crippen molar-refractivity contribution < 1.29 is 4.74 Å². The fourth-order valence-corrected chi connectivity index (χ4v) is 3.57. The summed E-state index contributed by atoms with van der Waals surface area (Å²) >= 11 is 5.98. The first-order valence-electron chi connectivity index (χ1n) is 9.40. The van der Waals surface area contributed by atoms with Gasteiger partial charge in [0.1, 0.15) is 17.9 Å². The van der Waals surface area contributed by atoms with E-state index in [1.165, 1.54) is 22.4 Å². The molecule has 0 saturated heterocycles. The maximum Gasteiger partial charge on any atom is 0.147 e. The number of fused-ring (bicyclic) bond motifs is 1. The highest BCUT2D eigenvalue weighted by atomic mass is 35.5. The summed E-state index contributed by atoms with van der Waals surface area (Å²) < 4.78 is 8.51. The molecule has 3 nitrogen and oxygen atoms in total. The molecule has 0 aliphatic rings. The number of pyridine rings is 1. The smallest absolute Gasteiger partial charge is 0.147 e. The van der Waals surface area contributed by atoms with E-state index in [4.69, 9.17) is 16.3 Å². The van der Waals surface area contributed by atoms with Crippen LogP contribution in [0.25, 0.3) is 11.0 Å². The van der Waals surface area contributed by atoms with Crippen molar-refractivity contribution in [3.05, 3.63) is 93.8 Å². The molecule has 0 atom stereocenters. The number of halogens is 2. The molecule has 0 amide bonds. The highest BCUT2D eigenvalue weighted by molar-refractivity contribution is 6.30. The molecule has 0 unspecified atom stereocenters. The molecular formula is C24H24Cl2N2O. The molecule has 29 heavy (non-hydrogen) atoms. The van der Waals surface area contributed by atoms with E-state index in [0.29, 0.717) is 6.61 Å². The third kappa shape index (κ3) is 4.42. The Balaban J connectivity index is 0.00000240. The predicted molar refractivity (Wildman–Crippen MR) is 123 cm³/mol. The van der Waals surface area contributed by atoms with E-state index in [1.54, 1.807) is 0 Å². The van der Waals surface area contributed by atoms with Gasteiger partial charge in [0.15, 0.2) is 0 Å². The van der Waals surface area contributed by atoms with Crippen LogP contribution in [0.4, 0.5) is 0 Å². The van der Waals surface area contributed by atoms with Gasteiger partial charge in [0.25, 0.3) is 0 Å². The van der Waals surface area contributed by atoms with Crippen LogP contribution in [0.5, 0.6) is 5.75 Å². The van der Waals surface area contributed by atoms with Crippen LogP contribution in [0.3, 0.4) is 0 Å². The normalized spacial score (nSPS) is 10.8. The molecule has 0 N–H and O–H groups in total. The average molecular weight is 427 g/mol. The summed E-state index contributed by atoms with van der Waals surface area (Å²) in [5, 5.41) is 0.730. The summed E-state index contributed by atoms with van der Waals surface area (Å²) in [6, 6.07) is 18.4. The molecule has 150 valence electrons. The first-order valence-corrected chi connectivity index (χ1v) is 9.78. The predicted octanol–water partition coefficient (Wildman–Crippen LogP) is 6.66. The second kappa shape index (κ2) is 8.89. The second-order valence-corrected chi connectivity index (χ2v) is 7.64. The number of hydrogen-bond donors (Lipinski definition) is 0. The largest absolute Gasteiger partial charge is 0.487 e. The summed E-state index contributed by atoms with van der Waals surface area (Å²) in [5.41, 5.74) is 8.06. The van der Waals surface area contributed by atoms with Crippen molar-refractivity contribution in [3.8, 4) is 5.75 Å². The number of ether oxygens (including phenoxy) is 1. The van der Waals surface area contributed by atoms with Gasteiger partial charge in [-0.15, -0.1) is 12.4 Å². The minimum Gasteiger partial charge on any atom is -0.487 e. The summed E-state index contributed by atoms with van der Waals surface area (Å²) in [4.78, 5) is 4.63. The summed E-state index contributed by atoms with van der Waals surface area (Å²) in [5.74, 6) is 0.850. The first-order chi connectivity index (χ1) is 13.5. The molecular weight excluding hydrogens is 403 g/mol. The van der Waals surface area contributed by atoms with E-state index in [2.05, 4.69) is 54.6 Å². The van der Waals surface area contributed by atoms with Crippen molar-refractivity contribution in [2.24, 2.45) is 0 Å². The maximum atomic E-state index is 6.21. The van der Waals surface area contributed by atoms with Crippen molar-refractivity contribution in [2.45, 2.75) is 33.9 Å². The molecule has 4 rings (SSSR count). The second-order valence-electron chi connectivity index (χ2n) is 7.20. The van der Waals surface area contributed by atoms with Crippen molar-refractivity contribution in [1.82, 2.24) is 9.55 Å². The maximum absolute atomic E-state index is 6.21. The Morgan fingerprint density at radius 1 is 0.897 bits per heavy atom. The zero-order valence-electron chi connectivity index (χ0n) is 16.8. The third-order valence-corrected chi connectivity index (χ3v) is 5.48. The van der Waals surface area contributed by atoms with E-state index in [0.717, 1.165) is 33.9 Å². The van der Waals surface area contributed by atoms with E-state index < -0.39 is 0 Å². The van der Waals surface area contributed by atoms with E-state index >= 15 is 0 Å². The van der Waals surface area contributed by atoms with Crippen LogP contribution < -0.4 is 4.74 Å². The highest BCUT2D eigenvalue weighted by Gasteiger charge is 2.16. The quantitative estimate of drug-likeness (QED) is 0.356. The fourth-order valence-electron chi connectivity index (χ4n) is 3.44. The van der Waals surface area contributed by atoms with Crippen LogP contribution in [0.15, 0.2) is 60.8 Å². The monoisotopic (exact) mass is 426 g/mol. The molecule has 5 heteroatoms. The summed E-state index contributed by atoms with van der Waals surface area (Å²) in [7, 11) is 0. The van der Waals surface area contributed by atoms with Crippen LogP contribution in [-0.4, -0.2) is 9.55 Å². The van der Waals surface area contributed by atoms with Crippen LogP contribution in [0.2, 0.25) is 5.02 Å². The van der Waals surface area contributed by atoms with E-state index in [1.807, 2.05) is 36.5 Å². The van der Waals surface area contributed by atoms with Gasteiger partial charge in [-0.05, 0) is 49.6 Å². The van der Waals surface area contributed by atoms with Crippen molar-refractivity contribution in [3.63, 3.8) is 0 Å². The van der Waals surface area contributed by atoms with Gasteiger partial charge in [-0.1, -0.05) is 53.6 Å². The standard InChI is InChI=1S/C24H23ClN2O.ClH/c1-16-4-6-19(7-5-16)14-27-18(3)17(2)23-24(27)22(12-13-26-23)28-15-20-8-10-21(25)11-9-20;/h4-13H,14-15H2,1-3H3;1H. The average Bonchev–Trinajstić information content (AvgIpc) is 2.95. The molecule has 2 heterocycles. The molecule has 0 bridgehead atoms. The highest BCUT2D eigenvalue weighted by Crippen LogP contribution is 2.32. The zero-order valence-corrected chi connectivity index (χ0v) is 18.3. The number of rotatable bonds is 5. The Bertz CT molecular complexity index is 1120. The van der Waals surface area contributed by atoms with Crippen LogP contribution in [0, 0.1) is 20.8 Å². The number of benzene rings is 2. The van der Waals surface area contributed by atoms with Crippen molar-refractivity contribution in [1.29, 1.82) is 0 Å². The van der Waals surface area contributed by atoms with Crippen molar-refractivity contribution >= 4 is 35.0 Å². The summed E-state index contributed by atoms with van der Waals surface area (Å²) in [6.45, 7) is 7.66. The topological polar surface area (TPSA) is 27.1 Å². The van der Waals surface area contributed by atoms with Gasteiger partial charge in [0.2, 0.25) is 0 Å². The molecule has 0 aliphatic carbocycles. The first kappa shape index (κ1) is 21.2. The number of nitrogens with zero attached hydrogens (tertiary/aromatic N) is 2. The lowest BCUT2D eigenvalue weighted by atomic mass is 10.1. The van der Waals surface area contributed by atoms with Gasteiger partial charge in [-0.2, -0.15) is 0 Å². The van der Waals surface area contributed by atoms with Crippen LogP contribution in [0.1, 0.15) is 27.9 Å². The minimum absolute atomic E-state index is 0. The fraction of sp³-hybridized carbons (Fsp3) is 0.208. The van der Waals surface area contributed by atoms with Crippen LogP contribution >= 0.6 is 24.0 Å². The van der Waals surface area contributed by atoms with Crippen molar-refractivity contribution in [2.75, 3.05) is 0 Å². The van der Waals surface area contributed by atoms with Gasteiger partial charge < -0.3 is 9.30 Å². The van der Waals surface area contributed by atoms with Gasteiger partial charge in [-0.25, -0.2) is 0 Å². The lowest BCUT2D eigenvalue weighted by Gasteiger charge is -2.13. The summed E-state index contributed by atoms with van der Waals surface area (Å²) in [6.07, 6.45) is 1.82. The van der Waals surface area contributed by atoms with Gasteiger partial charge in [0.05, 0.1) is 5.52 Å². The van der Waals surface area contributed by atoms with Gasteiger partial charge in [-0.3, -0.25) is 4.98 Å². The molecule has 2 aromatic heterocycles. The molecule has 4 aromatic rings. The van der Waals surface area contributed by atoms with Gasteiger partial charge >= 0.3 is 0 Å². The lowest BCUT2D eigenvalue weighted by molar-refractivity contribution is 0.308. The van der Waals surface area contributed by atoms with Crippen LogP contribution in [-0.2, 0) is 13.2 Å². The molecule has 0 radical (unpaired) electrons. The minimum atomic E-state index is 0. The Morgan fingerprint density at radius 3 is 2.24 bits per heavy atom. The Morgan fingerprint density at radius 2 is 1.55 bits per heavy atom. The zero-order chi connectivity index (χ0) is 19.7. The van der Waals surface area contributed by atoms with Gasteiger partial charge in [0, 0.05) is 29.5 Å². The molecule has 0 saturated carbocycles. The Labute approximate surface area is 182 Å². The van der Waals surface area contributed by atoms with E-state index in [9.17, 15) is 0 Å². The molecule has 2 aromatic carbocycles. The molecule has 0 fully saturated rings. The SMILES string of the molecule is Cc1ccc(Cn2c(C)c(C)c3nccc(OCc4ccc(Cl)cc4)c32)cc1.Cl. The lowest BCUT2D eigenvalue weighted by Crippen LogP contribution is -2.04. The number of aromatic nitrogens is 2. The Kier molecular flexibility index (Phi) is 6.51. The number of aryl methyl sites for hydroxylation is 2. The molecule has 0 aliphatic heterocycles. The van der Waals surface area contributed by atoms with E-state index in [-0.39, 0.29) is 12.4 Å². The Hall–Kier alpha value is -2.49.